The number of methoxy groups -OCH3 is 2. The molecule has 2 bridgehead atoms. The molecule has 2 saturated heterocycles. The second-order valence-electron chi connectivity index (χ2n) is 12.1. The number of hydrogen-bond acceptors (Lipinski definition) is 7. The Morgan fingerprint density at radius 3 is 2.13 bits per heavy atom. The van der Waals surface area contributed by atoms with Crippen molar-refractivity contribution >= 4 is 11.8 Å². The first-order valence-electron chi connectivity index (χ1n) is 15.8. The van der Waals surface area contributed by atoms with Crippen molar-refractivity contribution in [1.82, 2.24) is 15.1 Å². The van der Waals surface area contributed by atoms with Crippen molar-refractivity contribution in [3.05, 3.63) is 117 Å². The second kappa shape index (κ2) is 14.0. The molecule has 0 aromatic heterocycles. The van der Waals surface area contributed by atoms with Gasteiger partial charge in [0.15, 0.2) is 0 Å². The quantitative estimate of drug-likeness (QED) is 0.135. The molecule has 0 saturated carbocycles. The lowest BCUT2D eigenvalue weighted by Gasteiger charge is -2.45. The molecule has 0 spiro atoms. The number of nitrogens with one attached hydrogen (secondary N) is 1. The first-order valence-corrected chi connectivity index (χ1v) is 15.8. The topological polar surface area (TPSA) is 129 Å². The standard InChI is InChI=1S/C35H40N6O5/c1-44-35(45-2,28-10-4-3-5-11-28)40(32-18-26-8-6-7-9-27(26)19-32)21-29(38-39-36)20-37-33(42)24-12-14-25(15-13-24)34(43)41-30-16-17-31(41)23-46-22-30/h3-15,29-32H,16-23H2,1-2H3,(H,37,42). The zero-order valence-corrected chi connectivity index (χ0v) is 26.2. The van der Waals surface area contributed by atoms with Crippen LogP contribution in [0.5, 0.6) is 0 Å². The third kappa shape index (κ3) is 6.25. The van der Waals surface area contributed by atoms with Gasteiger partial charge in [-0.25, -0.2) is 4.90 Å². The highest BCUT2D eigenvalue weighted by atomic mass is 16.7. The van der Waals surface area contributed by atoms with E-state index < -0.39 is 12.0 Å². The summed E-state index contributed by atoms with van der Waals surface area (Å²) in [6.07, 6.45) is 3.44. The Labute approximate surface area is 269 Å². The lowest BCUT2D eigenvalue weighted by atomic mass is 10.0. The maximum absolute atomic E-state index is 13.3. The molecule has 2 heterocycles. The van der Waals surface area contributed by atoms with E-state index in [0.717, 1.165) is 31.2 Å². The molecular formula is C35H40N6O5. The summed E-state index contributed by atoms with van der Waals surface area (Å²) in [6.45, 7) is 1.49. The van der Waals surface area contributed by atoms with Crippen LogP contribution in [0.2, 0.25) is 0 Å². The van der Waals surface area contributed by atoms with Crippen molar-refractivity contribution in [3.8, 4) is 0 Å². The molecule has 11 heteroatoms. The number of ether oxygens (including phenoxy) is 3. The predicted octanol–water partition coefficient (Wildman–Crippen LogP) is 4.67. The number of hydrogen-bond donors (Lipinski definition) is 1. The van der Waals surface area contributed by atoms with E-state index >= 15 is 0 Å². The molecule has 240 valence electrons. The van der Waals surface area contributed by atoms with E-state index in [4.69, 9.17) is 14.2 Å². The van der Waals surface area contributed by atoms with Crippen LogP contribution in [0.25, 0.3) is 10.4 Å². The number of nitrogens with zero attached hydrogens (tertiary/aromatic N) is 5. The first kappa shape index (κ1) is 31.7. The van der Waals surface area contributed by atoms with Crippen molar-refractivity contribution in [2.75, 3.05) is 40.5 Å². The highest BCUT2D eigenvalue weighted by molar-refractivity contribution is 5.98. The summed E-state index contributed by atoms with van der Waals surface area (Å²) in [5.41, 5.74) is 13.8. The van der Waals surface area contributed by atoms with Crippen LogP contribution in [-0.4, -0.2) is 86.3 Å². The van der Waals surface area contributed by atoms with Crippen LogP contribution in [0.1, 0.15) is 50.2 Å². The minimum atomic E-state index is -1.26. The van der Waals surface area contributed by atoms with Crippen molar-refractivity contribution < 1.29 is 23.8 Å². The molecular weight excluding hydrogens is 584 g/mol. The zero-order chi connectivity index (χ0) is 32.1. The summed E-state index contributed by atoms with van der Waals surface area (Å²) in [5, 5.41) is 7.02. The summed E-state index contributed by atoms with van der Waals surface area (Å²) in [7, 11) is 3.21. The monoisotopic (exact) mass is 624 g/mol. The molecule has 2 aliphatic heterocycles. The maximum Gasteiger partial charge on any atom is 0.258 e. The van der Waals surface area contributed by atoms with Crippen LogP contribution in [0.3, 0.4) is 0 Å². The number of morpholine rings is 1. The molecule has 2 amide bonds. The summed E-state index contributed by atoms with van der Waals surface area (Å²) in [5.74, 6) is -1.61. The summed E-state index contributed by atoms with van der Waals surface area (Å²) < 4.78 is 17.9. The third-order valence-corrected chi connectivity index (χ3v) is 9.53. The average Bonchev–Trinajstić information content (AvgIpc) is 3.64. The predicted molar refractivity (Wildman–Crippen MR) is 172 cm³/mol. The summed E-state index contributed by atoms with van der Waals surface area (Å²) >= 11 is 0. The number of benzene rings is 3. The van der Waals surface area contributed by atoms with E-state index in [1.54, 1.807) is 38.5 Å². The smallest absolute Gasteiger partial charge is 0.258 e. The van der Waals surface area contributed by atoms with Gasteiger partial charge >= 0.3 is 0 Å². The van der Waals surface area contributed by atoms with Gasteiger partial charge in [-0.15, -0.1) is 0 Å². The van der Waals surface area contributed by atoms with Crippen LogP contribution in [-0.2, 0) is 33.0 Å². The van der Waals surface area contributed by atoms with E-state index in [9.17, 15) is 15.1 Å². The number of amides is 2. The highest BCUT2D eigenvalue weighted by Crippen LogP contribution is 2.37. The van der Waals surface area contributed by atoms with E-state index in [-0.39, 0.29) is 43.0 Å². The Bertz CT molecular complexity index is 1530. The van der Waals surface area contributed by atoms with Crippen molar-refractivity contribution in [1.29, 1.82) is 0 Å². The molecule has 3 unspecified atom stereocenters. The molecule has 0 radical (unpaired) electrons. The Morgan fingerprint density at radius 1 is 0.957 bits per heavy atom. The van der Waals surface area contributed by atoms with E-state index in [2.05, 4.69) is 32.4 Å². The number of rotatable bonds is 12. The van der Waals surface area contributed by atoms with Gasteiger partial charge < -0.3 is 24.4 Å². The van der Waals surface area contributed by atoms with Gasteiger partial charge in [0, 0.05) is 55.0 Å². The van der Waals surface area contributed by atoms with Gasteiger partial charge in [0.1, 0.15) is 0 Å². The normalized spacial score (nSPS) is 19.8. The van der Waals surface area contributed by atoms with Gasteiger partial charge in [0.25, 0.3) is 17.7 Å². The van der Waals surface area contributed by atoms with Crippen molar-refractivity contribution in [3.63, 3.8) is 0 Å². The lowest BCUT2D eigenvalue weighted by Crippen LogP contribution is -2.57. The van der Waals surface area contributed by atoms with Gasteiger partial charge in [0.2, 0.25) is 0 Å². The van der Waals surface area contributed by atoms with Crippen molar-refractivity contribution in [2.45, 2.75) is 55.8 Å². The van der Waals surface area contributed by atoms with Crippen LogP contribution in [0, 0.1) is 0 Å². The van der Waals surface area contributed by atoms with E-state index in [1.807, 2.05) is 47.4 Å². The fourth-order valence-electron chi connectivity index (χ4n) is 7.26. The molecule has 6 rings (SSSR count). The minimum absolute atomic E-state index is 0.0172. The zero-order valence-electron chi connectivity index (χ0n) is 26.2. The number of fused-ring (bicyclic) bond motifs is 3. The molecule has 3 aliphatic rings. The SMILES string of the molecule is COC(OC)(c1ccccc1)N(CC(CNC(=O)c1ccc(C(=O)N2C3CCC2COC3)cc1)N=[N+]=[N-])C1Cc2ccccc2C1. The minimum Gasteiger partial charge on any atom is -0.377 e. The van der Waals surface area contributed by atoms with Gasteiger partial charge in [-0.3, -0.25) is 9.59 Å². The van der Waals surface area contributed by atoms with E-state index in [1.165, 1.54) is 11.1 Å². The third-order valence-electron chi connectivity index (χ3n) is 9.53. The van der Waals surface area contributed by atoms with Crippen LogP contribution in [0.15, 0.2) is 84.0 Å². The second-order valence-corrected chi connectivity index (χ2v) is 12.1. The molecule has 2 fully saturated rings. The molecule has 46 heavy (non-hydrogen) atoms. The Hall–Kier alpha value is -4.25. The Kier molecular flexibility index (Phi) is 9.67. The fourth-order valence-corrected chi connectivity index (χ4v) is 7.26. The average molecular weight is 625 g/mol. The number of carbonyl (C=O) groups is 2. The largest absolute Gasteiger partial charge is 0.377 e. The molecule has 1 aliphatic carbocycles. The van der Waals surface area contributed by atoms with Gasteiger partial charge in [-0.1, -0.05) is 59.7 Å². The molecule has 3 aromatic rings. The highest BCUT2D eigenvalue weighted by Gasteiger charge is 2.45. The summed E-state index contributed by atoms with van der Waals surface area (Å²) in [6, 6.07) is 24.3. The first-order chi connectivity index (χ1) is 22.5. The fraction of sp³-hybridized carbons (Fsp3) is 0.429. The summed E-state index contributed by atoms with van der Waals surface area (Å²) in [4.78, 5) is 33.7. The number of carbonyl (C=O) groups excluding carboxylic acids is 2. The van der Waals surface area contributed by atoms with Crippen LogP contribution < -0.4 is 5.32 Å². The van der Waals surface area contributed by atoms with Crippen LogP contribution >= 0.6 is 0 Å². The molecule has 1 N–H and O–H groups in total. The molecule has 3 aromatic carbocycles. The van der Waals surface area contributed by atoms with Gasteiger partial charge in [0.05, 0.1) is 31.3 Å². The molecule has 11 nitrogen and oxygen atoms in total. The van der Waals surface area contributed by atoms with E-state index in [0.29, 0.717) is 24.3 Å². The molecule has 3 atom stereocenters. The Morgan fingerprint density at radius 2 is 1.54 bits per heavy atom. The van der Waals surface area contributed by atoms with Gasteiger partial charge in [-0.05, 0) is 66.6 Å². The lowest BCUT2D eigenvalue weighted by molar-refractivity contribution is -0.317. The van der Waals surface area contributed by atoms with Gasteiger partial charge in [-0.2, -0.15) is 0 Å². The van der Waals surface area contributed by atoms with Crippen LogP contribution in [0.4, 0.5) is 0 Å². The van der Waals surface area contributed by atoms with Crippen molar-refractivity contribution in [2.24, 2.45) is 5.11 Å². The number of azide groups is 1. The Balaban J connectivity index is 1.18. The maximum atomic E-state index is 13.3.